The lowest BCUT2D eigenvalue weighted by Crippen LogP contribution is -2.49. The Hall–Kier alpha value is -1.12. The number of nitrogens with one attached hydrogen (secondary N) is 1. The van der Waals surface area contributed by atoms with E-state index in [9.17, 15) is 10.1 Å². The van der Waals surface area contributed by atoms with E-state index in [1.165, 1.54) is 0 Å². The van der Waals surface area contributed by atoms with E-state index in [1.54, 1.807) is 0 Å². The SMILES string of the molecule is CNC1(C#N)CCCC1CCN1CC(C(N)=O)CCC1C. The zero-order chi connectivity index (χ0) is 15.5. The summed E-state index contributed by atoms with van der Waals surface area (Å²) in [4.78, 5) is 13.8. The summed E-state index contributed by atoms with van der Waals surface area (Å²) in [6, 6.07) is 3.01. The molecule has 1 saturated carbocycles. The van der Waals surface area contributed by atoms with E-state index in [0.29, 0.717) is 12.0 Å². The molecule has 0 aromatic rings. The van der Waals surface area contributed by atoms with Crippen molar-refractivity contribution in [3.63, 3.8) is 0 Å². The Kier molecular flexibility index (Phi) is 5.23. The van der Waals surface area contributed by atoms with Gasteiger partial charge in [0.25, 0.3) is 0 Å². The number of carbonyl (C=O) groups excluding carboxylic acids is 1. The minimum Gasteiger partial charge on any atom is -0.369 e. The number of hydrogen-bond acceptors (Lipinski definition) is 4. The van der Waals surface area contributed by atoms with Crippen molar-refractivity contribution < 1.29 is 4.79 Å². The third kappa shape index (κ3) is 3.38. The van der Waals surface area contributed by atoms with Gasteiger partial charge in [0.15, 0.2) is 0 Å². The van der Waals surface area contributed by atoms with Crippen LogP contribution in [0.1, 0.15) is 45.4 Å². The number of carbonyl (C=O) groups is 1. The topological polar surface area (TPSA) is 82.2 Å². The monoisotopic (exact) mass is 292 g/mol. The van der Waals surface area contributed by atoms with E-state index in [0.717, 1.165) is 51.6 Å². The molecule has 1 heterocycles. The Morgan fingerprint density at radius 1 is 1.48 bits per heavy atom. The normalized spacial score (nSPS) is 37.3. The minimum atomic E-state index is -0.345. The van der Waals surface area contributed by atoms with Gasteiger partial charge in [-0.2, -0.15) is 5.26 Å². The molecule has 0 bridgehead atoms. The van der Waals surface area contributed by atoms with Crippen LogP contribution in [0.4, 0.5) is 0 Å². The smallest absolute Gasteiger partial charge is 0.221 e. The first-order valence-corrected chi connectivity index (χ1v) is 8.16. The van der Waals surface area contributed by atoms with Gasteiger partial charge in [-0.1, -0.05) is 6.42 Å². The van der Waals surface area contributed by atoms with E-state index in [4.69, 9.17) is 5.73 Å². The van der Waals surface area contributed by atoms with E-state index in [2.05, 4.69) is 23.2 Å². The first-order chi connectivity index (χ1) is 10.0. The zero-order valence-electron chi connectivity index (χ0n) is 13.3. The molecule has 2 aliphatic rings. The number of amides is 1. The predicted octanol–water partition coefficient (Wildman–Crippen LogP) is 1.24. The number of rotatable bonds is 5. The molecule has 0 spiro atoms. The molecule has 0 aromatic heterocycles. The van der Waals surface area contributed by atoms with Crippen molar-refractivity contribution in [2.24, 2.45) is 17.6 Å². The molecule has 1 aliphatic carbocycles. The van der Waals surface area contributed by atoms with Crippen LogP contribution >= 0.6 is 0 Å². The maximum Gasteiger partial charge on any atom is 0.221 e. The molecule has 0 radical (unpaired) electrons. The van der Waals surface area contributed by atoms with Gasteiger partial charge >= 0.3 is 0 Å². The fourth-order valence-electron chi connectivity index (χ4n) is 4.05. The van der Waals surface area contributed by atoms with Crippen LogP contribution in [0, 0.1) is 23.2 Å². The number of nitrogens with zero attached hydrogens (tertiary/aromatic N) is 2. The highest BCUT2D eigenvalue weighted by molar-refractivity contribution is 5.76. The molecule has 3 N–H and O–H groups in total. The van der Waals surface area contributed by atoms with E-state index in [-0.39, 0.29) is 17.4 Å². The van der Waals surface area contributed by atoms with Crippen LogP contribution in [-0.2, 0) is 4.79 Å². The van der Waals surface area contributed by atoms with Crippen molar-refractivity contribution in [1.29, 1.82) is 5.26 Å². The van der Waals surface area contributed by atoms with Crippen LogP contribution in [0.25, 0.3) is 0 Å². The molecule has 1 aliphatic heterocycles. The number of primary amides is 1. The Morgan fingerprint density at radius 3 is 2.86 bits per heavy atom. The second-order valence-electron chi connectivity index (χ2n) is 6.73. The second kappa shape index (κ2) is 6.76. The first-order valence-electron chi connectivity index (χ1n) is 8.16. The van der Waals surface area contributed by atoms with Crippen LogP contribution in [0.15, 0.2) is 0 Å². The van der Waals surface area contributed by atoms with Crippen molar-refractivity contribution in [1.82, 2.24) is 10.2 Å². The first kappa shape index (κ1) is 16.3. The summed E-state index contributed by atoms with van der Waals surface area (Å²) >= 11 is 0. The maximum atomic E-state index is 11.4. The van der Waals surface area contributed by atoms with Crippen molar-refractivity contribution in [3.05, 3.63) is 0 Å². The largest absolute Gasteiger partial charge is 0.369 e. The van der Waals surface area contributed by atoms with Gasteiger partial charge in [-0.25, -0.2) is 0 Å². The van der Waals surface area contributed by atoms with Crippen LogP contribution in [0.5, 0.6) is 0 Å². The molecule has 2 rings (SSSR count). The summed E-state index contributed by atoms with van der Waals surface area (Å²) in [5.41, 5.74) is 5.12. The lowest BCUT2D eigenvalue weighted by molar-refractivity contribution is -0.124. The van der Waals surface area contributed by atoms with E-state index >= 15 is 0 Å². The summed E-state index contributed by atoms with van der Waals surface area (Å²) in [7, 11) is 1.90. The van der Waals surface area contributed by atoms with Crippen molar-refractivity contribution in [2.45, 2.75) is 57.0 Å². The highest BCUT2D eigenvalue weighted by atomic mass is 16.1. The number of likely N-dealkylation sites (tertiary alicyclic amines) is 1. The van der Waals surface area contributed by atoms with Gasteiger partial charge in [0.1, 0.15) is 5.54 Å². The highest BCUT2D eigenvalue weighted by Crippen LogP contribution is 2.37. The van der Waals surface area contributed by atoms with Gasteiger partial charge in [0, 0.05) is 12.6 Å². The van der Waals surface area contributed by atoms with Gasteiger partial charge in [-0.15, -0.1) is 0 Å². The number of nitriles is 1. The third-order valence-electron chi connectivity index (χ3n) is 5.64. The Balaban J connectivity index is 1.92. The van der Waals surface area contributed by atoms with Gasteiger partial charge in [-0.05, 0) is 58.5 Å². The molecule has 4 atom stereocenters. The molecule has 1 saturated heterocycles. The molecular weight excluding hydrogens is 264 g/mol. The molecule has 4 unspecified atom stereocenters. The van der Waals surface area contributed by atoms with Crippen LogP contribution in [-0.4, -0.2) is 42.5 Å². The molecule has 5 nitrogen and oxygen atoms in total. The van der Waals surface area contributed by atoms with Gasteiger partial charge in [-0.3, -0.25) is 9.69 Å². The van der Waals surface area contributed by atoms with Crippen molar-refractivity contribution >= 4 is 5.91 Å². The molecule has 118 valence electrons. The summed E-state index contributed by atoms with van der Waals surface area (Å²) in [5.74, 6) is 0.234. The number of piperidine rings is 1. The number of hydrogen-bond donors (Lipinski definition) is 2. The number of nitrogens with two attached hydrogens (primary N) is 1. The van der Waals surface area contributed by atoms with Gasteiger partial charge < -0.3 is 11.1 Å². The fraction of sp³-hybridized carbons (Fsp3) is 0.875. The van der Waals surface area contributed by atoms with Crippen LogP contribution in [0.2, 0.25) is 0 Å². The Bertz CT molecular complexity index is 419. The fourth-order valence-corrected chi connectivity index (χ4v) is 4.05. The average Bonchev–Trinajstić information content (AvgIpc) is 2.89. The standard InChI is InChI=1S/C16H28N4O/c1-12-5-6-13(15(18)21)10-20(12)9-7-14-4-3-8-16(14,11-17)19-2/h12-14,19H,3-10H2,1-2H3,(H2,18,21). The lowest BCUT2D eigenvalue weighted by atomic mass is 9.85. The van der Waals surface area contributed by atoms with Gasteiger partial charge in [0.05, 0.1) is 12.0 Å². The zero-order valence-corrected chi connectivity index (χ0v) is 13.3. The summed E-state index contributed by atoms with van der Waals surface area (Å²) in [5, 5.41) is 12.8. The molecule has 2 fully saturated rings. The molecule has 21 heavy (non-hydrogen) atoms. The summed E-state index contributed by atoms with van der Waals surface area (Å²) < 4.78 is 0. The molecule has 0 aromatic carbocycles. The minimum absolute atomic E-state index is 0.00481. The molecule has 5 heteroatoms. The second-order valence-corrected chi connectivity index (χ2v) is 6.73. The highest BCUT2D eigenvalue weighted by Gasteiger charge is 2.42. The molecule has 1 amide bonds. The Labute approximate surface area is 127 Å². The lowest BCUT2D eigenvalue weighted by Gasteiger charge is -2.38. The van der Waals surface area contributed by atoms with Crippen LogP contribution < -0.4 is 11.1 Å². The Morgan fingerprint density at radius 2 is 2.24 bits per heavy atom. The van der Waals surface area contributed by atoms with Crippen molar-refractivity contribution in [2.75, 3.05) is 20.1 Å². The summed E-state index contributed by atoms with van der Waals surface area (Å²) in [6.45, 7) is 3.96. The summed E-state index contributed by atoms with van der Waals surface area (Å²) in [6.07, 6.45) is 6.16. The van der Waals surface area contributed by atoms with Crippen LogP contribution in [0.3, 0.4) is 0 Å². The van der Waals surface area contributed by atoms with Gasteiger partial charge in [0.2, 0.25) is 5.91 Å². The predicted molar refractivity (Wildman–Crippen MR) is 82.3 cm³/mol. The third-order valence-corrected chi connectivity index (χ3v) is 5.64. The van der Waals surface area contributed by atoms with E-state index < -0.39 is 0 Å². The molecular formula is C16H28N4O. The van der Waals surface area contributed by atoms with E-state index in [1.807, 2.05) is 7.05 Å². The quantitative estimate of drug-likeness (QED) is 0.799. The maximum absolute atomic E-state index is 11.4. The average molecular weight is 292 g/mol. The van der Waals surface area contributed by atoms with Crippen molar-refractivity contribution in [3.8, 4) is 6.07 Å².